The lowest BCUT2D eigenvalue weighted by Gasteiger charge is -2.09. The molecule has 0 bridgehead atoms. The summed E-state index contributed by atoms with van der Waals surface area (Å²) in [7, 11) is 0. The molecule has 0 saturated heterocycles. The van der Waals surface area contributed by atoms with E-state index in [-0.39, 0.29) is 5.56 Å². The Labute approximate surface area is 181 Å². The Morgan fingerprint density at radius 3 is 2.52 bits per heavy atom. The predicted molar refractivity (Wildman–Crippen MR) is 118 cm³/mol. The minimum absolute atomic E-state index is 0.266. The highest BCUT2D eigenvalue weighted by Gasteiger charge is 2.20. The molecule has 0 spiro atoms. The van der Waals surface area contributed by atoms with E-state index in [9.17, 15) is 4.79 Å². The molecule has 0 unspecified atom stereocenters. The van der Waals surface area contributed by atoms with Crippen molar-refractivity contribution in [2.45, 2.75) is 19.8 Å². The quantitative estimate of drug-likeness (QED) is 0.439. The van der Waals surface area contributed by atoms with Gasteiger partial charge in [0.05, 0.1) is 15.7 Å². The fourth-order valence-electron chi connectivity index (χ4n) is 3.26. The Balaban J connectivity index is 1.94. The lowest BCUT2D eigenvalue weighted by Crippen LogP contribution is -2.13. The van der Waals surface area contributed by atoms with Gasteiger partial charge in [-0.3, -0.25) is 4.79 Å². The third kappa shape index (κ3) is 3.71. The van der Waals surface area contributed by atoms with E-state index < -0.39 is 0 Å². The number of hydrogen-bond donors (Lipinski definition) is 2. The van der Waals surface area contributed by atoms with E-state index in [0.29, 0.717) is 61.8 Å². The van der Waals surface area contributed by atoms with Gasteiger partial charge in [0.2, 0.25) is 0 Å². The smallest absolute Gasteiger partial charge is 0.262 e. The number of anilines is 1. The molecular formula is C20H16Cl3N5O. The van der Waals surface area contributed by atoms with Crippen molar-refractivity contribution in [3.05, 3.63) is 78.9 Å². The number of nitrogens with two attached hydrogens (primary N) is 1. The van der Waals surface area contributed by atoms with Crippen molar-refractivity contribution in [3.63, 3.8) is 0 Å². The molecule has 0 fully saturated rings. The van der Waals surface area contributed by atoms with Crippen molar-refractivity contribution in [2.24, 2.45) is 0 Å². The lowest BCUT2D eigenvalue weighted by atomic mass is 10.1. The SMILES string of the molecule is CCc1nn(-c2c(Cl)cc(Cl)cc2Cl)c2nc(Cc3cccc(N)c3)[nH]c(=O)c12. The largest absolute Gasteiger partial charge is 0.399 e. The Bertz CT molecular complexity index is 1270. The minimum Gasteiger partial charge on any atom is -0.399 e. The summed E-state index contributed by atoms with van der Waals surface area (Å²) in [5, 5.41) is 6.00. The van der Waals surface area contributed by atoms with Crippen molar-refractivity contribution in [3.8, 4) is 5.69 Å². The third-order valence-electron chi connectivity index (χ3n) is 4.51. The summed E-state index contributed by atoms with van der Waals surface area (Å²) in [6.45, 7) is 1.91. The molecule has 0 aliphatic heterocycles. The average molecular weight is 449 g/mol. The van der Waals surface area contributed by atoms with Gasteiger partial charge in [-0.1, -0.05) is 53.9 Å². The van der Waals surface area contributed by atoms with Crippen LogP contribution < -0.4 is 11.3 Å². The molecule has 29 heavy (non-hydrogen) atoms. The number of rotatable bonds is 4. The molecule has 2 heterocycles. The molecule has 6 nitrogen and oxygen atoms in total. The number of benzene rings is 2. The van der Waals surface area contributed by atoms with Gasteiger partial charge >= 0.3 is 0 Å². The van der Waals surface area contributed by atoms with Gasteiger partial charge < -0.3 is 10.7 Å². The van der Waals surface area contributed by atoms with Crippen molar-refractivity contribution < 1.29 is 0 Å². The molecule has 0 aliphatic rings. The van der Waals surface area contributed by atoms with Crippen LogP contribution in [0, 0.1) is 0 Å². The highest BCUT2D eigenvalue weighted by atomic mass is 35.5. The highest BCUT2D eigenvalue weighted by Crippen LogP contribution is 2.33. The summed E-state index contributed by atoms with van der Waals surface area (Å²) in [5.41, 5.74) is 8.57. The van der Waals surface area contributed by atoms with Crippen LogP contribution in [-0.2, 0) is 12.8 Å². The topological polar surface area (TPSA) is 89.6 Å². The first-order chi connectivity index (χ1) is 13.9. The van der Waals surface area contributed by atoms with Crippen LogP contribution in [0.2, 0.25) is 15.1 Å². The zero-order valence-electron chi connectivity index (χ0n) is 15.3. The van der Waals surface area contributed by atoms with Gasteiger partial charge in [0, 0.05) is 17.1 Å². The van der Waals surface area contributed by atoms with Gasteiger partial charge in [-0.25, -0.2) is 9.67 Å². The Morgan fingerprint density at radius 2 is 1.86 bits per heavy atom. The fourth-order valence-corrected chi connectivity index (χ4v) is 4.24. The van der Waals surface area contributed by atoms with Crippen LogP contribution in [0.1, 0.15) is 24.0 Å². The number of H-pyrrole nitrogens is 1. The molecule has 2 aromatic carbocycles. The molecule has 0 aliphatic carbocycles. The maximum absolute atomic E-state index is 12.8. The highest BCUT2D eigenvalue weighted by molar-refractivity contribution is 6.40. The fraction of sp³-hybridized carbons (Fsp3) is 0.150. The van der Waals surface area contributed by atoms with Crippen LogP contribution in [0.25, 0.3) is 16.7 Å². The van der Waals surface area contributed by atoms with Crippen LogP contribution >= 0.6 is 34.8 Å². The van der Waals surface area contributed by atoms with E-state index in [1.165, 1.54) is 4.68 Å². The lowest BCUT2D eigenvalue weighted by molar-refractivity contribution is 0.848. The van der Waals surface area contributed by atoms with Gasteiger partial charge in [-0.05, 0) is 36.2 Å². The maximum Gasteiger partial charge on any atom is 0.262 e. The van der Waals surface area contributed by atoms with Gasteiger partial charge in [0.1, 0.15) is 16.9 Å². The summed E-state index contributed by atoms with van der Waals surface area (Å²) in [4.78, 5) is 20.4. The van der Waals surface area contributed by atoms with Crippen molar-refractivity contribution in [2.75, 3.05) is 5.73 Å². The number of aromatic nitrogens is 4. The second kappa shape index (κ2) is 7.71. The van der Waals surface area contributed by atoms with Crippen LogP contribution in [0.3, 0.4) is 0 Å². The van der Waals surface area contributed by atoms with Gasteiger partial charge in [-0.15, -0.1) is 0 Å². The second-order valence-electron chi connectivity index (χ2n) is 6.56. The number of nitrogen functional groups attached to an aromatic ring is 1. The molecule has 0 atom stereocenters. The Hall–Kier alpha value is -2.54. The molecule has 4 rings (SSSR count). The minimum atomic E-state index is -0.266. The van der Waals surface area contributed by atoms with E-state index in [2.05, 4.69) is 15.1 Å². The van der Waals surface area contributed by atoms with E-state index in [1.807, 2.05) is 25.1 Å². The van der Waals surface area contributed by atoms with Crippen molar-refractivity contribution in [1.82, 2.24) is 19.7 Å². The van der Waals surface area contributed by atoms with Crippen molar-refractivity contribution >= 4 is 51.5 Å². The second-order valence-corrected chi connectivity index (χ2v) is 7.81. The first kappa shape index (κ1) is 19.8. The summed E-state index contributed by atoms with van der Waals surface area (Å²) < 4.78 is 1.51. The zero-order chi connectivity index (χ0) is 20.7. The molecule has 9 heteroatoms. The molecule has 2 aromatic heterocycles. The monoisotopic (exact) mass is 447 g/mol. The van der Waals surface area contributed by atoms with Crippen molar-refractivity contribution in [1.29, 1.82) is 0 Å². The Morgan fingerprint density at radius 1 is 1.14 bits per heavy atom. The molecular weight excluding hydrogens is 433 g/mol. The van der Waals surface area contributed by atoms with Crippen LogP contribution in [0.4, 0.5) is 5.69 Å². The predicted octanol–water partition coefficient (Wildman–Crippen LogP) is 4.80. The first-order valence-electron chi connectivity index (χ1n) is 8.87. The van der Waals surface area contributed by atoms with E-state index in [0.717, 1.165) is 5.56 Å². The van der Waals surface area contributed by atoms with Crippen LogP contribution in [0.5, 0.6) is 0 Å². The number of fused-ring (bicyclic) bond motifs is 1. The van der Waals surface area contributed by atoms with E-state index in [1.54, 1.807) is 18.2 Å². The summed E-state index contributed by atoms with van der Waals surface area (Å²) in [6.07, 6.45) is 0.955. The number of aryl methyl sites for hydroxylation is 1. The normalized spacial score (nSPS) is 11.3. The molecule has 148 valence electrons. The summed E-state index contributed by atoms with van der Waals surface area (Å²) in [6, 6.07) is 10.6. The standard InChI is InChI=1S/C20H16Cl3N5O/c1-2-15-17-19(28(27-15)18-13(22)8-11(21)9-14(18)23)25-16(26-20(17)29)7-10-4-3-5-12(24)6-10/h3-6,8-9H,2,7,24H2,1H3,(H,25,26,29). The summed E-state index contributed by atoms with van der Waals surface area (Å²) >= 11 is 18.8. The number of hydrogen-bond acceptors (Lipinski definition) is 4. The molecule has 0 saturated carbocycles. The molecule has 0 radical (unpaired) electrons. The zero-order valence-corrected chi connectivity index (χ0v) is 17.6. The van der Waals surface area contributed by atoms with Crippen LogP contribution in [0.15, 0.2) is 41.2 Å². The summed E-state index contributed by atoms with van der Waals surface area (Å²) in [5.74, 6) is 0.484. The molecule has 0 amide bonds. The van der Waals surface area contributed by atoms with Gasteiger partial charge in [0.25, 0.3) is 5.56 Å². The average Bonchev–Trinajstić information content (AvgIpc) is 3.00. The number of nitrogens with zero attached hydrogens (tertiary/aromatic N) is 3. The van der Waals surface area contributed by atoms with Gasteiger partial charge in [0.15, 0.2) is 5.65 Å². The number of nitrogens with one attached hydrogen (secondary N) is 1. The number of aromatic amines is 1. The molecule has 3 N–H and O–H groups in total. The maximum atomic E-state index is 12.8. The molecule has 4 aromatic rings. The van der Waals surface area contributed by atoms with Crippen LogP contribution in [-0.4, -0.2) is 19.7 Å². The Kier molecular flexibility index (Phi) is 5.25. The number of halogens is 3. The van der Waals surface area contributed by atoms with Gasteiger partial charge in [-0.2, -0.15) is 5.10 Å². The van der Waals surface area contributed by atoms with E-state index in [4.69, 9.17) is 40.5 Å². The van der Waals surface area contributed by atoms with E-state index >= 15 is 0 Å². The third-order valence-corrected chi connectivity index (χ3v) is 5.30. The first-order valence-corrected chi connectivity index (χ1v) is 10.0.